The Hall–Kier alpha value is -2.95. The second-order valence-electron chi connectivity index (χ2n) is 5.74. The van der Waals surface area contributed by atoms with Gasteiger partial charge >= 0.3 is 0 Å². The first-order chi connectivity index (χ1) is 11.2. The molecule has 0 radical (unpaired) electrons. The van der Waals surface area contributed by atoms with Crippen LogP contribution in [0, 0.1) is 5.82 Å². The van der Waals surface area contributed by atoms with Crippen molar-refractivity contribution < 1.29 is 9.13 Å². The number of aromatic nitrogens is 3. The van der Waals surface area contributed by atoms with E-state index in [-0.39, 0.29) is 5.82 Å². The highest BCUT2D eigenvalue weighted by Gasteiger charge is 2.23. The Morgan fingerprint density at radius 1 is 1.22 bits per heavy atom. The Labute approximate surface area is 131 Å². The average Bonchev–Trinajstić information content (AvgIpc) is 2.94. The molecule has 1 aliphatic rings. The summed E-state index contributed by atoms with van der Waals surface area (Å²) in [6.07, 6.45) is 1.80. The largest absolute Gasteiger partial charge is 0.488 e. The molecule has 2 aromatic carbocycles. The SMILES string of the molecule is Cn1ncc2c3nc4c(cc3ccc21)COc1cccc(F)c1-4. The minimum Gasteiger partial charge on any atom is -0.488 e. The number of hydrogen-bond acceptors (Lipinski definition) is 3. The van der Waals surface area contributed by atoms with E-state index < -0.39 is 0 Å². The quantitative estimate of drug-likeness (QED) is 0.496. The molecule has 5 heteroatoms. The van der Waals surface area contributed by atoms with Gasteiger partial charge in [0.2, 0.25) is 0 Å². The second kappa shape index (κ2) is 4.29. The van der Waals surface area contributed by atoms with Crippen LogP contribution in [0.15, 0.2) is 42.6 Å². The molecular formula is C18H12FN3O. The number of pyridine rings is 1. The predicted octanol–water partition coefficient (Wildman–Crippen LogP) is 3.82. The van der Waals surface area contributed by atoms with E-state index in [1.807, 2.05) is 29.9 Å². The maximum atomic E-state index is 14.3. The van der Waals surface area contributed by atoms with Crippen LogP contribution in [-0.4, -0.2) is 14.8 Å². The third kappa shape index (κ3) is 1.64. The summed E-state index contributed by atoms with van der Waals surface area (Å²) in [5, 5.41) is 6.27. The fourth-order valence-electron chi connectivity index (χ4n) is 3.25. The van der Waals surface area contributed by atoms with Crippen molar-refractivity contribution in [1.29, 1.82) is 0 Å². The summed E-state index contributed by atoms with van der Waals surface area (Å²) in [6, 6.07) is 10.9. The van der Waals surface area contributed by atoms with Crippen molar-refractivity contribution in [3.05, 3.63) is 54.0 Å². The van der Waals surface area contributed by atoms with Crippen molar-refractivity contribution in [2.45, 2.75) is 6.61 Å². The smallest absolute Gasteiger partial charge is 0.136 e. The Balaban J connectivity index is 1.91. The van der Waals surface area contributed by atoms with Crippen molar-refractivity contribution in [3.63, 3.8) is 0 Å². The molecule has 112 valence electrons. The lowest BCUT2D eigenvalue weighted by molar-refractivity contribution is 0.300. The zero-order valence-corrected chi connectivity index (χ0v) is 12.4. The molecule has 0 unspecified atom stereocenters. The standard InChI is InChI=1S/C18H12FN3O/c1-22-14-6-5-10-7-11-9-23-15-4-2-3-13(19)16(15)18(11)21-17(10)12(14)8-20-22/h2-8H,9H2,1H3. The van der Waals surface area contributed by atoms with Crippen LogP contribution in [0.1, 0.15) is 5.56 Å². The lowest BCUT2D eigenvalue weighted by Gasteiger charge is -2.21. The number of rotatable bonds is 0. The molecular weight excluding hydrogens is 293 g/mol. The van der Waals surface area contributed by atoms with Gasteiger partial charge in [0, 0.05) is 23.4 Å². The highest BCUT2D eigenvalue weighted by atomic mass is 19.1. The van der Waals surface area contributed by atoms with Crippen LogP contribution in [0.4, 0.5) is 4.39 Å². The van der Waals surface area contributed by atoms with E-state index in [9.17, 15) is 4.39 Å². The second-order valence-corrected chi connectivity index (χ2v) is 5.74. The highest BCUT2D eigenvalue weighted by molar-refractivity contribution is 6.05. The zero-order valence-electron chi connectivity index (χ0n) is 12.4. The van der Waals surface area contributed by atoms with Crippen molar-refractivity contribution in [2.24, 2.45) is 7.05 Å². The molecule has 4 aromatic rings. The fourth-order valence-corrected chi connectivity index (χ4v) is 3.25. The summed E-state index contributed by atoms with van der Waals surface area (Å²) in [5.74, 6) is 0.233. The Bertz CT molecular complexity index is 1100. The number of benzene rings is 2. The van der Waals surface area contributed by atoms with Gasteiger partial charge in [-0.1, -0.05) is 12.1 Å². The van der Waals surface area contributed by atoms with E-state index in [0.717, 1.165) is 27.4 Å². The molecule has 0 bridgehead atoms. The summed E-state index contributed by atoms with van der Waals surface area (Å²) < 4.78 is 21.8. The van der Waals surface area contributed by atoms with Crippen LogP contribution in [-0.2, 0) is 13.7 Å². The van der Waals surface area contributed by atoms with Gasteiger partial charge < -0.3 is 4.74 Å². The van der Waals surface area contributed by atoms with Gasteiger partial charge in [-0.3, -0.25) is 4.68 Å². The van der Waals surface area contributed by atoms with Gasteiger partial charge in [-0.05, 0) is 24.3 Å². The lowest BCUT2D eigenvalue weighted by atomic mass is 9.99. The summed E-state index contributed by atoms with van der Waals surface area (Å²) in [6.45, 7) is 0.403. The van der Waals surface area contributed by atoms with E-state index in [4.69, 9.17) is 9.72 Å². The fraction of sp³-hybridized carbons (Fsp3) is 0.111. The minimum absolute atomic E-state index is 0.311. The van der Waals surface area contributed by atoms with Crippen molar-refractivity contribution in [2.75, 3.05) is 0 Å². The maximum absolute atomic E-state index is 14.3. The van der Waals surface area contributed by atoms with E-state index in [2.05, 4.69) is 5.10 Å². The number of fused-ring (bicyclic) bond motifs is 6. The highest BCUT2D eigenvalue weighted by Crippen LogP contribution is 2.40. The Morgan fingerprint density at radius 2 is 2.13 bits per heavy atom. The van der Waals surface area contributed by atoms with E-state index >= 15 is 0 Å². The first kappa shape index (κ1) is 12.6. The normalized spacial score (nSPS) is 13.0. The molecule has 0 amide bonds. The van der Waals surface area contributed by atoms with Gasteiger partial charge in [-0.25, -0.2) is 9.37 Å². The first-order valence-electron chi connectivity index (χ1n) is 7.38. The van der Waals surface area contributed by atoms with Gasteiger partial charge in [-0.15, -0.1) is 0 Å². The molecule has 0 saturated heterocycles. The molecule has 0 fully saturated rings. The van der Waals surface area contributed by atoms with E-state index in [1.165, 1.54) is 6.07 Å². The van der Waals surface area contributed by atoms with Gasteiger partial charge in [0.1, 0.15) is 18.2 Å². The molecule has 4 nitrogen and oxygen atoms in total. The molecule has 3 heterocycles. The molecule has 0 saturated carbocycles. The predicted molar refractivity (Wildman–Crippen MR) is 85.7 cm³/mol. The van der Waals surface area contributed by atoms with E-state index in [1.54, 1.807) is 18.3 Å². The number of nitrogens with zero attached hydrogens (tertiary/aromatic N) is 3. The number of hydrogen-bond donors (Lipinski definition) is 0. The molecule has 1 aliphatic heterocycles. The third-order valence-corrected chi connectivity index (χ3v) is 4.39. The number of halogens is 1. The molecule has 2 aromatic heterocycles. The molecule has 5 rings (SSSR count). The molecule has 0 aliphatic carbocycles. The number of aryl methyl sites for hydroxylation is 1. The molecule has 0 atom stereocenters. The summed E-state index contributed by atoms with van der Waals surface area (Å²) in [7, 11) is 1.90. The van der Waals surface area contributed by atoms with Crippen LogP contribution >= 0.6 is 0 Å². The molecule has 0 spiro atoms. The lowest BCUT2D eigenvalue weighted by Crippen LogP contribution is -2.08. The minimum atomic E-state index is -0.311. The Morgan fingerprint density at radius 3 is 3.04 bits per heavy atom. The van der Waals surface area contributed by atoms with Crippen molar-refractivity contribution >= 4 is 21.8 Å². The Kier molecular flexibility index (Phi) is 2.34. The van der Waals surface area contributed by atoms with Crippen LogP contribution < -0.4 is 4.74 Å². The van der Waals surface area contributed by atoms with Crippen molar-refractivity contribution in [3.8, 4) is 17.0 Å². The van der Waals surface area contributed by atoms with Crippen molar-refractivity contribution in [1.82, 2.24) is 14.8 Å². The average molecular weight is 305 g/mol. The monoisotopic (exact) mass is 305 g/mol. The molecule has 23 heavy (non-hydrogen) atoms. The van der Waals surface area contributed by atoms with Gasteiger partial charge in [0.25, 0.3) is 0 Å². The van der Waals surface area contributed by atoms with Gasteiger partial charge in [-0.2, -0.15) is 5.10 Å². The summed E-state index contributed by atoms with van der Waals surface area (Å²) in [5.41, 5.74) is 3.85. The molecule has 0 N–H and O–H groups in total. The first-order valence-corrected chi connectivity index (χ1v) is 7.38. The zero-order chi connectivity index (χ0) is 15.6. The van der Waals surface area contributed by atoms with Gasteiger partial charge in [0.15, 0.2) is 0 Å². The maximum Gasteiger partial charge on any atom is 0.136 e. The van der Waals surface area contributed by atoms with Gasteiger partial charge in [0.05, 0.1) is 28.5 Å². The summed E-state index contributed by atoms with van der Waals surface area (Å²) >= 11 is 0. The van der Waals surface area contributed by atoms with Crippen LogP contribution in [0.5, 0.6) is 5.75 Å². The topological polar surface area (TPSA) is 39.9 Å². The van der Waals surface area contributed by atoms with Crippen LogP contribution in [0.2, 0.25) is 0 Å². The van der Waals surface area contributed by atoms with Crippen LogP contribution in [0.3, 0.4) is 0 Å². The van der Waals surface area contributed by atoms with E-state index in [0.29, 0.717) is 23.6 Å². The van der Waals surface area contributed by atoms with Crippen LogP contribution in [0.25, 0.3) is 33.1 Å². The number of ether oxygens (including phenoxy) is 1. The third-order valence-electron chi connectivity index (χ3n) is 4.39. The summed E-state index contributed by atoms with van der Waals surface area (Å²) in [4.78, 5) is 4.79.